The van der Waals surface area contributed by atoms with E-state index in [1.165, 1.54) is 23.5 Å². The summed E-state index contributed by atoms with van der Waals surface area (Å²) < 4.78 is 52.5. The number of halogens is 8. The summed E-state index contributed by atoms with van der Waals surface area (Å²) >= 11 is 22.2. The molecule has 0 bridgehead atoms. The van der Waals surface area contributed by atoms with Crippen molar-refractivity contribution in [3.8, 4) is 0 Å². The van der Waals surface area contributed by atoms with Gasteiger partial charge in [-0.25, -0.2) is 8.78 Å². The molecule has 3 N–H and O–H groups in total. The van der Waals surface area contributed by atoms with Gasteiger partial charge in [0.2, 0.25) is 5.91 Å². The third kappa shape index (κ3) is 6.00. The highest BCUT2D eigenvalue weighted by Gasteiger charge is 2.56. The molecule has 2 aromatic rings. The fraction of sp³-hybridized carbons (Fsp3) is 0.211. The second kappa shape index (κ2) is 9.17. The third-order valence-electron chi connectivity index (χ3n) is 4.43. The second-order valence-electron chi connectivity index (χ2n) is 6.92. The number of carbonyl (C=O) groups is 3. The van der Waals surface area contributed by atoms with Crippen LogP contribution in [-0.2, 0) is 9.59 Å². The fourth-order valence-corrected chi connectivity index (χ4v) is 3.38. The maximum absolute atomic E-state index is 14.1. The minimum absolute atomic E-state index is 0.0845. The van der Waals surface area contributed by atoms with Crippen molar-refractivity contribution in [1.82, 2.24) is 0 Å². The Morgan fingerprint density at radius 1 is 0.970 bits per heavy atom. The van der Waals surface area contributed by atoms with Gasteiger partial charge in [-0.2, -0.15) is 8.78 Å². The van der Waals surface area contributed by atoms with Gasteiger partial charge in [0.05, 0.1) is 27.9 Å². The Kier molecular flexibility index (Phi) is 7.05. The van der Waals surface area contributed by atoms with Gasteiger partial charge < -0.3 is 16.0 Å². The average Bonchev–Trinajstić information content (AvgIpc) is 3.34. The molecule has 0 aromatic heterocycles. The zero-order valence-electron chi connectivity index (χ0n) is 15.9. The summed E-state index contributed by atoms with van der Waals surface area (Å²) in [4.78, 5) is 36.0. The van der Waals surface area contributed by atoms with E-state index in [0.717, 1.165) is 0 Å². The Balaban J connectivity index is 1.80. The first kappa shape index (κ1) is 25.4. The van der Waals surface area contributed by atoms with E-state index >= 15 is 0 Å². The van der Waals surface area contributed by atoms with Crippen LogP contribution in [0.5, 0.6) is 0 Å². The van der Waals surface area contributed by atoms with Crippen molar-refractivity contribution in [2.24, 2.45) is 5.92 Å². The van der Waals surface area contributed by atoms with E-state index < -0.39 is 56.4 Å². The molecule has 3 amide bonds. The van der Waals surface area contributed by atoms with Crippen molar-refractivity contribution < 1.29 is 31.9 Å². The van der Waals surface area contributed by atoms with Gasteiger partial charge in [0, 0.05) is 11.8 Å². The molecule has 3 rings (SSSR count). The average molecular weight is 547 g/mol. The predicted molar refractivity (Wildman–Crippen MR) is 116 cm³/mol. The van der Waals surface area contributed by atoms with Gasteiger partial charge in [0.15, 0.2) is 0 Å². The summed E-state index contributed by atoms with van der Waals surface area (Å²) in [5, 5.41) is 1.64. The lowest BCUT2D eigenvalue weighted by molar-refractivity contribution is -0.130. The molecule has 14 heteroatoms. The number of anilines is 3. The molecule has 33 heavy (non-hydrogen) atoms. The van der Waals surface area contributed by atoms with Crippen LogP contribution in [0.2, 0.25) is 5.02 Å². The molecule has 1 aliphatic carbocycles. The number of alkyl halides is 5. The van der Waals surface area contributed by atoms with Crippen molar-refractivity contribution in [3.63, 3.8) is 0 Å². The van der Waals surface area contributed by atoms with E-state index in [-0.39, 0.29) is 28.8 Å². The topological polar surface area (TPSA) is 87.3 Å². The molecule has 1 unspecified atom stereocenters. The van der Waals surface area contributed by atoms with Gasteiger partial charge in [-0.05, 0) is 42.3 Å². The SMILES string of the molecule is O=C(Nc1cc(NC(=O)C(F)(F)Cl)c(F)cc1F)c1cc(NC(=O)C2CC2(Cl)Cl)ccc1Cl. The molecule has 1 saturated carbocycles. The molecule has 0 saturated heterocycles. The lowest BCUT2D eigenvalue weighted by Gasteiger charge is -2.14. The third-order valence-corrected chi connectivity index (χ3v) is 5.77. The van der Waals surface area contributed by atoms with Crippen LogP contribution in [0, 0.1) is 17.6 Å². The van der Waals surface area contributed by atoms with Gasteiger partial charge in [0.1, 0.15) is 16.0 Å². The predicted octanol–water partition coefficient (Wildman–Crippen LogP) is 5.77. The summed E-state index contributed by atoms with van der Waals surface area (Å²) in [7, 11) is 0. The molecule has 0 radical (unpaired) electrons. The lowest BCUT2D eigenvalue weighted by atomic mass is 10.1. The highest BCUT2D eigenvalue weighted by Crippen LogP contribution is 2.53. The van der Waals surface area contributed by atoms with Crippen molar-refractivity contribution >= 4 is 81.2 Å². The molecule has 0 aliphatic heterocycles. The van der Waals surface area contributed by atoms with Gasteiger partial charge in [-0.1, -0.05) is 11.6 Å². The number of hydrogen-bond donors (Lipinski definition) is 3. The number of nitrogens with one attached hydrogen (secondary N) is 3. The summed E-state index contributed by atoms with van der Waals surface area (Å²) in [6.07, 6.45) is 0.251. The summed E-state index contributed by atoms with van der Waals surface area (Å²) in [5.74, 6) is -6.85. The Labute approximate surface area is 203 Å². The number of amides is 3. The van der Waals surface area contributed by atoms with E-state index in [1.807, 2.05) is 0 Å². The molecule has 0 heterocycles. The van der Waals surface area contributed by atoms with Crippen LogP contribution in [0.1, 0.15) is 16.8 Å². The number of hydrogen-bond acceptors (Lipinski definition) is 3. The highest BCUT2D eigenvalue weighted by atomic mass is 35.5. The Hall–Kier alpha value is -2.27. The smallest absolute Gasteiger partial charge is 0.326 e. The van der Waals surface area contributed by atoms with E-state index in [9.17, 15) is 31.9 Å². The zero-order chi connectivity index (χ0) is 24.7. The van der Waals surface area contributed by atoms with E-state index in [4.69, 9.17) is 34.8 Å². The van der Waals surface area contributed by atoms with Crippen molar-refractivity contribution in [2.75, 3.05) is 16.0 Å². The van der Waals surface area contributed by atoms with E-state index in [2.05, 4.69) is 22.2 Å². The van der Waals surface area contributed by atoms with E-state index in [0.29, 0.717) is 6.07 Å². The molecule has 1 aliphatic rings. The molecule has 6 nitrogen and oxygen atoms in total. The van der Waals surface area contributed by atoms with Crippen molar-refractivity contribution in [2.45, 2.75) is 16.1 Å². The maximum Gasteiger partial charge on any atom is 0.400 e. The standard InChI is InChI=1S/C19H11Cl4F4N3O3/c20-10-2-1-7(28-16(32)9-6-18(9,21)22)3-8(10)15(31)29-13-5-14(12(25)4-11(13)24)30-17(33)19(23,26)27/h1-5,9H,6H2,(H,28,32)(H,29,31)(H,30,33). The molecule has 0 spiro atoms. The summed E-state index contributed by atoms with van der Waals surface area (Å²) in [6, 6.07) is 4.69. The quantitative estimate of drug-likeness (QED) is 0.317. The summed E-state index contributed by atoms with van der Waals surface area (Å²) in [5.41, 5.74) is -1.58. The van der Waals surface area contributed by atoms with Crippen molar-refractivity contribution in [3.05, 3.63) is 52.6 Å². The zero-order valence-corrected chi connectivity index (χ0v) is 18.9. The minimum atomic E-state index is -4.35. The number of benzene rings is 2. The highest BCUT2D eigenvalue weighted by molar-refractivity contribution is 6.52. The normalized spacial score (nSPS) is 16.7. The summed E-state index contributed by atoms with van der Waals surface area (Å²) in [6.45, 7) is 0. The van der Waals surface area contributed by atoms with Crippen molar-refractivity contribution in [1.29, 1.82) is 0 Å². The minimum Gasteiger partial charge on any atom is -0.326 e. The van der Waals surface area contributed by atoms with Gasteiger partial charge >= 0.3 is 11.3 Å². The first-order valence-corrected chi connectivity index (χ1v) is 10.4. The molecule has 1 atom stereocenters. The molecular formula is C19H11Cl4F4N3O3. The largest absolute Gasteiger partial charge is 0.400 e. The van der Waals surface area contributed by atoms with Crippen LogP contribution in [0.3, 0.4) is 0 Å². The maximum atomic E-state index is 14.1. The second-order valence-corrected chi connectivity index (χ2v) is 9.34. The van der Waals surface area contributed by atoms with Gasteiger partial charge in [0.25, 0.3) is 5.91 Å². The van der Waals surface area contributed by atoms with Gasteiger partial charge in [-0.3, -0.25) is 14.4 Å². The van der Waals surface area contributed by atoms with Gasteiger partial charge in [-0.15, -0.1) is 23.2 Å². The molecular weight excluding hydrogens is 536 g/mol. The van der Waals surface area contributed by atoms with Crippen LogP contribution in [0.4, 0.5) is 34.6 Å². The molecule has 176 valence electrons. The Bertz CT molecular complexity index is 1160. The lowest BCUT2D eigenvalue weighted by Crippen LogP contribution is -2.29. The number of carbonyl (C=O) groups excluding carboxylic acids is 3. The first-order chi connectivity index (χ1) is 15.2. The molecule has 1 fully saturated rings. The Morgan fingerprint density at radius 2 is 1.55 bits per heavy atom. The van der Waals surface area contributed by atoms with Crippen LogP contribution >= 0.6 is 46.4 Å². The Morgan fingerprint density at radius 3 is 2.09 bits per heavy atom. The molecule has 2 aromatic carbocycles. The van der Waals surface area contributed by atoms with Crippen LogP contribution in [-0.4, -0.2) is 27.4 Å². The van der Waals surface area contributed by atoms with E-state index in [1.54, 1.807) is 0 Å². The van der Waals surface area contributed by atoms with Crippen LogP contribution in [0.25, 0.3) is 0 Å². The monoisotopic (exact) mass is 545 g/mol. The fourth-order valence-electron chi connectivity index (χ4n) is 2.63. The first-order valence-electron chi connectivity index (χ1n) is 8.86. The number of rotatable bonds is 6. The van der Waals surface area contributed by atoms with Crippen LogP contribution < -0.4 is 16.0 Å². The van der Waals surface area contributed by atoms with Crippen LogP contribution in [0.15, 0.2) is 30.3 Å².